The van der Waals surface area contributed by atoms with Crippen LogP contribution in [-0.4, -0.2) is 13.1 Å². The molecule has 0 heterocycles. The third kappa shape index (κ3) is 3.70. The summed E-state index contributed by atoms with van der Waals surface area (Å²) in [7, 11) is 0. The third-order valence-corrected chi connectivity index (χ3v) is 3.64. The van der Waals surface area contributed by atoms with E-state index < -0.39 is 0 Å². The lowest BCUT2D eigenvalue weighted by Gasteiger charge is -2.27. The number of anilines is 1. The topological polar surface area (TPSA) is 29.3 Å². The molecule has 0 aromatic heterocycles. The van der Waals surface area contributed by atoms with Gasteiger partial charge in [0.15, 0.2) is 0 Å². The van der Waals surface area contributed by atoms with Gasteiger partial charge in [-0.1, -0.05) is 32.8 Å². The third-order valence-electron chi connectivity index (χ3n) is 3.64. The summed E-state index contributed by atoms with van der Waals surface area (Å²) in [6.45, 7) is 8.67. The van der Waals surface area contributed by atoms with Crippen LogP contribution in [0, 0.1) is 11.7 Å². The van der Waals surface area contributed by atoms with Crippen LogP contribution in [-0.2, 0) is 6.54 Å². The maximum absolute atomic E-state index is 13.7. The summed E-state index contributed by atoms with van der Waals surface area (Å²) in [5.41, 5.74) is 7.02. The maximum Gasteiger partial charge on any atom is 0.129 e. The molecule has 0 spiro atoms. The molecule has 1 aromatic rings. The Morgan fingerprint density at radius 1 is 1.22 bits per heavy atom. The smallest absolute Gasteiger partial charge is 0.129 e. The van der Waals surface area contributed by atoms with Crippen LogP contribution in [0.5, 0.6) is 0 Å². The molecule has 0 aliphatic carbocycles. The fourth-order valence-electron chi connectivity index (χ4n) is 2.17. The van der Waals surface area contributed by atoms with Gasteiger partial charge in [-0.3, -0.25) is 0 Å². The van der Waals surface area contributed by atoms with Crippen LogP contribution in [0.15, 0.2) is 18.2 Å². The lowest BCUT2D eigenvalue weighted by atomic mass is 10.0. The van der Waals surface area contributed by atoms with Crippen molar-refractivity contribution in [2.24, 2.45) is 11.7 Å². The molecule has 0 unspecified atom stereocenters. The van der Waals surface area contributed by atoms with Crippen molar-refractivity contribution in [3.8, 4) is 0 Å². The molecule has 0 aliphatic rings. The number of nitrogens with two attached hydrogens (primary N) is 1. The van der Waals surface area contributed by atoms with Crippen LogP contribution in [0.1, 0.15) is 39.2 Å². The minimum Gasteiger partial charge on any atom is -0.371 e. The maximum atomic E-state index is 13.7. The van der Waals surface area contributed by atoms with Crippen molar-refractivity contribution in [3.05, 3.63) is 29.6 Å². The standard InChI is InChI=1S/C15H25FN2/c1-4-12(5-2)11-18(6-3)14-8-7-13(10-17)15(16)9-14/h7-9,12H,4-6,10-11,17H2,1-3H3. The highest BCUT2D eigenvalue weighted by molar-refractivity contribution is 5.48. The van der Waals surface area contributed by atoms with Crippen LogP contribution in [0.25, 0.3) is 0 Å². The molecule has 0 atom stereocenters. The summed E-state index contributed by atoms with van der Waals surface area (Å²) in [5, 5.41) is 0. The van der Waals surface area contributed by atoms with Gasteiger partial charge in [-0.15, -0.1) is 0 Å². The molecule has 0 saturated carbocycles. The van der Waals surface area contributed by atoms with Crippen molar-refractivity contribution < 1.29 is 4.39 Å². The highest BCUT2D eigenvalue weighted by Crippen LogP contribution is 2.21. The predicted octanol–water partition coefficient (Wildman–Crippen LogP) is 3.55. The highest BCUT2D eigenvalue weighted by atomic mass is 19.1. The van der Waals surface area contributed by atoms with E-state index in [1.54, 1.807) is 12.1 Å². The molecule has 0 saturated heterocycles. The molecule has 0 radical (unpaired) electrons. The number of rotatable bonds is 7. The molecule has 18 heavy (non-hydrogen) atoms. The quantitative estimate of drug-likeness (QED) is 0.804. The number of benzene rings is 1. The van der Waals surface area contributed by atoms with Crippen molar-refractivity contribution in [2.45, 2.75) is 40.2 Å². The first-order valence-corrected chi connectivity index (χ1v) is 6.89. The second kappa shape index (κ2) is 7.37. The fraction of sp³-hybridized carbons (Fsp3) is 0.600. The van der Waals surface area contributed by atoms with E-state index in [2.05, 4.69) is 25.7 Å². The number of hydrogen-bond donors (Lipinski definition) is 1. The Bertz CT molecular complexity index is 362. The minimum atomic E-state index is -0.196. The number of hydrogen-bond acceptors (Lipinski definition) is 2. The zero-order valence-electron chi connectivity index (χ0n) is 11.7. The second-order valence-corrected chi connectivity index (χ2v) is 4.70. The Hall–Kier alpha value is -1.09. The first-order chi connectivity index (χ1) is 8.65. The van der Waals surface area contributed by atoms with Crippen molar-refractivity contribution in [3.63, 3.8) is 0 Å². The van der Waals surface area contributed by atoms with Gasteiger partial charge in [0.1, 0.15) is 5.82 Å². The van der Waals surface area contributed by atoms with Gasteiger partial charge in [0.05, 0.1) is 0 Å². The molecular weight excluding hydrogens is 227 g/mol. The van der Waals surface area contributed by atoms with Gasteiger partial charge in [0.2, 0.25) is 0 Å². The summed E-state index contributed by atoms with van der Waals surface area (Å²) >= 11 is 0. The zero-order valence-corrected chi connectivity index (χ0v) is 11.7. The zero-order chi connectivity index (χ0) is 13.5. The molecule has 2 nitrogen and oxygen atoms in total. The molecule has 0 bridgehead atoms. The molecule has 0 aliphatic heterocycles. The van der Waals surface area contributed by atoms with Crippen LogP contribution >= 0.6 is 0 Å². The average molecular weight is 252 g/mol. The van der Waals surface area contributed by atoms with Crippen LogP contribution in [0.4, 0.5) is 10.1 Å². The van der Waals surface area contributed by atoms with Crippen molar-refractivity contribution in [2.75, 3.05) is 18.0 Å². The van der Waals surface area contributed by atoms with Crippen LogP contribution < -0.4 is 10.6 Å². The molecule has 2 N–H and O–H groups in total. The Morgan fingerprint density at radius 2 is 1.89 bits per heavy atom. The highest BCUT2D eigenvalue weighted by Gasteiger charge is 2.12. The average Bonchev–Trinajstić information content (AvgIpc) is 2.40. The van der Waals surface area contributed by atoms with E-state index in [1.807, 2.05) is 6.07 Å². The predicted molar refractivity (Wildman–Crippen MR) is 76.3 cm³/mol. The first-order valence-electron chi connectivity index (χ1n) is 6.89. The van der Waals surface area contributed by atoms with E-state index in [-0.39, 0.29) is 12.4 Å². The SMILES string of the molecule is CCC(CC)CN(CC)c1ccc(CN)c(F)c1. The van der Waals surface area contributed by atoms with E-state index >= 15 is 0 Å². The van der Waals surface area contributed by atoms with Gasteiger partial charge in [-0.05, 0) is 25.0 Å². The summed E-state index contributed by atoms with van der Waals surface area (Å²) in [6.07, 6.45) is 2.33. The Labute approximate surface area is 110 Å². The van der Waals surface area contributed by atoms with E-state index in [0.717, 1.165) is 31.6 Å². The Morgan fingerprint density at radius 3 is 2.33 bits per heavy atom. The molecule has 0 amide bonds. The number of halogens is 1. The van der Waals surface area contributed by atoms with E-state index in [1.165, 1.54) is 0 Å². The van der Waals surface area contributed by atoms with Gasteiger partial charge >= 0.3 is 0 Å². The van der Waals surface area contributed by atoms with Crippen molar-refractivity contribution in [1.82, 2.24) is 0 Å². The number of nitrogens with zero attached hydrogens (tertiary/aromatic N) is 1. The van der Waals surface area contributed by atoms with E-state index in [4.69, 9.17) is 5.73 Å². The minimum absolute atomic E-state index is 0.196. The lowest BCUT2D eigenvalue weighted by molar-refractivity contribution is 0.485. The fourth-order valence-corrected chi connectivity index (χ4v) is 2.17. The first kappa shape index (κ1) is 15.0. The van der Waals surface area contributed by atoms with Gasteiger partial charge in [0.25, 0.3) is 0 Å². The Balaban J connectivity index is 2.84. The van der Waals surface area contributed by atoms with Crippen molar-refractivity contribution in [1.29, 1.82) is 0 Å². The molecule has 3 heteroatoms. The summed E-state index contributed by atoms with van der Waals surface area (Å²) in [4.78, 5) is 2.24. The molecular formula is C15H25FN2. The van der Waals surface area contributed by atoms with Gasteiger partial charge in [-0.25, -0.2) is 4.39 Å². The monoisotopic (exact) mass is 252 g/mol. The molecule has 1 rings (SSSR count). The van der Waals surface area contributed by atoms with Gasteiger partial charge in [0, 0.05) is 30.9 Å². The molecule has 0 fully saturated rings. The summed E-state index contributed by atoms with van der Waals surface area (Å²) < 4.78 is 13.7. The Kier molecular flexibility index (Phi) is 6.13. The summed E-state index contributed by atoms with van der Waals surface area (Å²) in [5.74, 6) is 0.472. The molecule has 1 aromatic carbocycles. The van der Waals surface area contributed by atoms with Gasteiger partial charge < -0.3 is 10.6 Å². The van der Waals surface area contributed by atoms with E-state index in [0.29, 0.717) is 11.5 Å². The normalized spacial score (nSPS) is 11.0. The largest absolute Gasteiger partial charge is 0.371 e. The summed E-state index contributed by atoms with van der Waals surface area (Å²) in [6, 6.07) is 5.37. The van der Waals surface area contributed by atoms with Crippen LogP contribution in [0.3, 0.4) is 0 Å². The lowest BCUT2D eigenvalue weighted by Crippen LogP contribution is -2.29. The van der Waals surface area contributed by atoms with E-state index in [9.17, 15) is 4.39 Å². The second-order valence-electron chi connectivity index (χ2n) is 4.70. The molecule has 102 valence electrons. The van der Waals surface area contributed by atoms with Gasteiger partial charge in [-0.2, -0.15) is 0 Å². The van der Waals surface area contributed by atoms with Crippen molar-refractivity contribution >= 4 is 5.69 Å². The van der Waals surface area contributed by atoms with Crippen LogP contribution in [0.2, 0.25) is 0 Å².